The minimum Gasteiger partial charge on any atom is -0.302 e. The number of amides is 1. The Bertz CT molecular complexity index is 1180. The third-order valence-corrected chi connectivity index (χ3v) is 8.63. The van der Waals surface area contributed by atoms with Gasteiger partial charge in [0.25, 0.3) is 0 Å². The van der Waals surface area contributed by atoms with E-state index in [1.807, 2.05) is 35.7 Å². The minimum absolute atomic E-state index is 0.00918. The van der Waals surface area contributed by atoms with Gasteiger partial charge in [0.1, 0.15) is 0 Å². The van der Waals surface area contributed by atoms with Gasteiger partial charge in [0.15, 0.2) is 5.13 Å². The molecule has 1 fully saturated rings. The van der Waals surface area contributed by atoms with E-state index >= 15 is 0 Å². The first-order valence-electron chi connectivity index (χ1n) is 11.2. The van der Waals surface area contributed by atoms with E-state index in [0.29, 0.717) is 37.0 Å². The molecule has 2 aromatic carbocycles. The highest BCUT2D eigenvalue weighted by molar-refractivity contribution is 7.88. The molecule has 1 aliphatic rings. The number of carbonyl (C=O) groups excluding carboxylic acids is 1. The first kappa shape index (κ1) is 23.6. The summed E-state index contributed by atoms with van der Waals surface area (Å²) in [6.07, 6.45) is 1.02. The van der Waals surface area contributed by atoms with Crippen molar-refractivity contribution in [2.45, 2.75) is 38.4 Å². The van der Waals surface area contributed by atoms with Gasteiger partial charge in [0, 0.05) is 30.0 Å². The third-order valence-electron chi connectivity index (χ3n) is 6.02. The van der Waals surface area contributed by atoms with Crippen molar-refractivity contribution in [3.63, 3.8) is 0 Å². The summed E-state index contributed by atoms with van der Waals surface area (Å²) in [6.45, 7) is 5.04. The molecule has 0 spiro atoms. The minimum atomic E-state index is -3.39. The SMILES string of the molecule is CC(C)c1ccc(-c2csc(NC(=O)C3CCN(S(=O)(=O)Cc4ccccc4)CC3)n2)cc1. The Morgan fingerprint density at radius 3 is 2.39 bits per heavy atom. The number of aromatic nitrogens is 1. The topological polar surface area (TPSA) is 79.4 Å². The Morgan fingerprint density at radius 1 is 1.09 bits per heavy atom. The molecule has 0 aliphatic carbocycles. The van der Waals surface area contributed by atoms with E-state index < -0.39 is 10.0 Å². The highest BCUT2D eigenvalue weighted by atomic mass is 32.2. The molecule has 4 rings (SSSR count). The van der Waals surface area contributed by atoms with E-state index in [4.69, 9.17) is 0 Å². The largest absolute Gasteiger partial charge is 0.302 e. The van der Waals surface area contributed by atoms with Crippen LogP contribution in [0.5, 0.6) is 0 Å². The molecule has 174 valence electrons. The normalized spacial score (nSPS) is 15.6. The molecule has 0 unspecified atom stereocenters. The molecule has 0 radical (unpaired) electrons. The molecule has 33 heavy (non-hydrogen) atoms. The first-order chi connectivity index (χ1) is 15.8. The molecule has 1 amide bonds. The number of carbonyl (C=O) groups is 1. The van der Waals surface area contributed by atoms with Crippen molar-refractivity contribution in [1.29, 1.82) is 0 Å². The number of hydrogen-bond donors (Lipinski definition) is 1. The zero-order chi connectivity index (χ0) is 23.4. The lowest BCUT2D eigenvalue weighted by Crippen LogP contribution is -2.41. The lowest BCUT2D eigenvalue weighted by Gasteiger charge is -2.30. The summed E-state index contributed by atoms with van der Waals surface area (Å²) in [7, 11) is -3.39. The number of sulfonamides is 1. The van der Waals surface area contributed by atoms with Gasteiger partial charge in [0.2, 0.25) is 15.9 Å². The second-order valence-electron chi connectivity index (χ2n) is 8.72. The lowest BCUT2D eigenvalue weighted by molar-refractivity contribution is -0.120. The molecular weight excluding hydrogens is 454 g/mol. The third kappa shape index (κ3) is 5.88. The first-order valence-corrected chi connectivity index (χ1v) is 13.7. The maximum atomic E-state index is 12.8. The smallest absolute Gasteiger partial charge is 0.229 e. The van der Waals surface area contributed by atoms with Gasteiger partial charge >= 0.3 is 0 Å². The summed E-state index contributed by atoms with van der Waals surface area (Å²) < 4.78 is 27.0. The molecule has 1 aliphatic heterocycles. The van der Waals surface area contributed by atoms with Crippen LogP contribution in [0.15, 0.2) is 60.0 Å². The highest BCUT2D eigenvalue weighted by Crippen LogP contribution is 2.28. The number of anilines is 1. The zero-order valence-electron chi connectivity index (χ0n) is 18.9. The van der Waals surface area contributed by atoms with Gasteiger partial charge in [-0.15, -0.1) is 11.3 Å². The second-order valence-corrected chi connectivity index (χ2v) is 11.5. The van der Waals surface area contributed by atoms with Gasteiger partial charge in [-0.05, 0) is 29.9 Å². The van der Waals surface area contributed by atoms with Crippen molar-refractivity contribution in [3.8, 4) is 11.3 Å². The summed E-state index contributed by atoms with van der Waals surface area (Å²) in [5.74, 6) is 0.158. The zero-order valence-corrected chi connectivity index (χ0v) is 20.5. The molecule has 1 aromatic heterocycles. The molecule has 6 nitrogen and oxygen atoms in total. The Hall–Kier alpha value is -2.55. The van der Waals surface area contributed by atoms with Crippen molar-refractivity contribution in [2.24, 2.45) is 5.92 Å². The monoisotopic (exact) mass is 483 g/mol. The Morgan fingerprint density at radius 2 is 1.76 bits per heavy atom. The van der Waals surface area contributed by atoms with E-state index in [9.17, 15) is 13.2 Å². The van der Waals surface area contributed by atoms with Crippen LogP contribution in [0.1, 0.15) is 43.7 Å². The van der Waals surface area contributed by atoms with Crippen molar-refractivity contribution in [1.82, 2.24) is 9.29 Å². The molecule has 3 aromatic rings. The fourth-order valence-corrected chi connectivity index (χ4v) is 6.27. The van der Waals surface area contributed by atoms with Crippen molar-refractivity contribution >= 4 is 32.4 Å². The molecule has 0 bridgehead atoms. The van der Waals surface area contributed by atoms with Crippen LogP contribution in [0.4, 0.5) is 5.13 Å². The molecule has 2 heterocycles. The van der Waals surface area contributed by atoms with Crippen LogP contribution in [0.3, 0.4) is 0 Å². The van der Waals surface area contributed by atoms with Crippen LogP contribution in [0.25, 0.3) is 11.3 Å². The number of nitrogens with zero attached hydrogens (tertiary/aromatic N) is 2. The van der Waals surface area contributed by atoms with Crippen LogP contribution in [0.2, 0.25) is 0 Å². The van der Waals surface area contributed by atoms with Gasteiger partial charge in [0.05, 0.1) is 11.4 Å². The van der Waals surface area contributed by atoms with Gasteiger partial charge < -0.3 is 5.32 Å². The van der Waals surface area contributed by atoms with Crippen molar-refractivity contribution in [2.75, 3.05) is 18.4 Å². The number of thiazole rings is 1. The van der Waals surface area contributed by atoms with Crippen LogP contribution < -0.4 is 5.32 Å². The summed E-state index contributed by atoms with van der Waals surface area (Å²) in [5, 5.41) is 5.44. The number of nitrogens with one attached hydrogen (secondary N) is 1. The van der Waals surface area contributed by atoms with Crippen molar-refractivity contribution < 1.29 is 13.2 Å². The number of hydrogen-bond acceptors (Lipinski definition) is 5. The van der Waals surface area contributed by atoms with Gasteiger partial charge in [-0.1, -0.05) is 68.4 Å². The van der Waals surface area contributed by atoms with E-state index in [0.717, 1.165) is 16.8 Å². The van der Waals surface area contributed by atoms with Gasteiger partial charge in [-0.25, -0.2) is 17.7 Å². The van der Waals surface area contributed by atoms with Crippen LogP contribution >= 0.6 is 11.3 Å². The molecule has 1 saturated heterocycles. The second kappa shape index (κ2) is 10.2. The molecule has 8 heteroatoms. The summed E-state index contributed by atoms with van der Waals surface area (Å²) >= 11 is 1.40. The molecule has 0 saturated carbocycles. The fourth-order valence-electron chi connectivity index (χ4n) is 3.98. The van der Waals surface area contributed by atoms with Crippen molar-refractivity contribution in [3.05, 3.63) is 71.1 Å². The quantitative estimate of drug-likeness (QED) is 0.506. The predicted molar refractivity (Wildman–Crippen MR) is 134 cm³/mol. The van der Waals surface area contributed by atoms with E-state index in [1.54, 1.807) is 0 Å². The summed E-state index contributed by atoms with van der Waals surface area (Å²) in [4.78, 5) is 17.3. The number of rotatable bonds is 7. The van der Waals surface area contributed by atoms with Gasteiger partial charge in [-0.3, -0.25) is 4.79 Å². The lowest BCUT2D eigenvalue weighted by atomic mass is 9.97. The fraction of sp³-hybridized carbons (Fsp3) is 0.360. The maximum absolute atomic E-state index is 12.8. The van der Waals surface area contributed by atoms with E-state index in [-0.39, 0.29) is 17.6 Å². The Balaban J connectivity index is 1.31. The molecular formula is C25H29N3O3S2. The van der Waals surface area contributed by atoms with E-state index in [1.165, 1.54) is 21.2 Å². The summed E-state index contributed by atoms with van der Waals surface area (Å²) in [5.41, 5.74) is 3.91. The van der Waals surface area contributed by atoms with Crippen LogP contribution in [-0.2, 0) is 20.6 Å². The number of piperidine rings is 1. The predicted octanol–water partition coefficient (Wildman–Crippen LogP) is 5.11. The van der Waals surface area contributed by atoms with Gasteiger partial charge in [-0.2, -0.15) is 0 Å². The summed E-state index contributed by atoms with van der Waals surface area (Å²) in [6, 6.07) is 17.5. The molecule has 0 atom stereocenters. The van der Waals surface area contributed by atoms with Crippen LogP contribution in [-0.4, -0.2) is 36.7 Å². The maximum Gasteiger partial charge on any atom is 0.229 e. The average molecular weight is 484 g/mol. The highest BCUT2D eigenvalue weighted by Gasteiger charge is 2.31. The molecule has 1 N–H and O–H groups in total. The Kier molecular flexibility index (Phi) is 7.26. The number of benzene rings is 2. The average Bonchev–Trinajstić information content (AvgIpc) is 3.28. The standard InChI is InChI=1S/C25H29N3O3S2/c1-18(2)20-8-10-21(11-9-20)23-16-32-25(26-23)27-24(29)22-12-14-28(15-13-22)33(30,31)17-19-6-4-3-5-7-19/h3-11,16,18,22H,12-15,17H2,1-2H3,(H,26,27,29). The van der Waals surface area contributed by atoms with E-state index in [2.05, 4.69) is 48.4 Å². The Labute approximate surface area is 199 Å². The van der Waals surface area contributed by atoms with Crippen LogP contribution in [0, 0.1) is 5.92 Å².